The fraction of sp³-hybridized carbons (Fsp3) is 0.438. The highest BCUT2D eigenvalue weighted by molar-refractivity contribution is 5.77. The van der Waals surface area contributed by atoms with Crippen LogP contribution in [0.4, 0.5) is 0 Å². The van der Waals surface area contributed by atoms with Gasteiger partial charge in [0.05, 0.1) is 43.3 Å². The summed E-state index contributed by atoms with van der Waals surface area (Å²) >= 11 is 0. The van der Waals surface area contributed by atoms with Crippen molar-refractivity contribution >= 4 is 11.0 Å². The molecule has 22 heavy (non-hydrogen) atoms. The summed E-state index contributed by atoms with van der Waals surface area (Å²) < 4.78 is 9.26. The lowest BCUT2D eigenvalue weighted by Gasteiger charge is -2.04. The molecule has 1 aromatic carbocycles. The maximum atomic E-state index is 5.33. The van der Waals surface area contributed by atoms with Gasteiger partial charge in [0.25, 0.3) is 0 Å². The van der Waals surface area contributed by atoms with Crippen molar-refractivity contribution in [1.82, 2.24) is 24.5 Å². The Morgan fingerprint density at radius 3 is 2.82 bits per heavy atom. The van der Waals surface area contributed by atoms with Gasteiger partial charge >= 0.3 is 0 Å². The number of hydrogen-bond donors (Lipinski definition) is 0. The molecule has 0 saturated carbocycles. The zero-order valence-corrected chi connectivity index (χ0v) is 13.3. The molecule has 0 amide bonds. The summed E-state index contributed by atoms with van der Waals surface area (Å²) in [6, 6.07) is 4.30. The molecule has 0 radical (unpaired) electrons. The molecular weight excluding hydrogens is 278 g/mol. The third kappa shape index (κ3) is 3.01. The van der Waals surface area contributed by atoms with Crippen molar-refractivity contribution in [3.63, 3.8) is 0 Å². The van der Waals surface area contributed by atoms with E-state index in [1.807, 2.05) is 24.1 Å². The molecule has 6 nitrogen and oxygen atoms in total. The van der Waals surface area contributed by atoms with Gasteiger partial charge < -0.3 is 9.30 Å². The Kier molecular flexibility index (Phi) is 4.20. The molecule has 116 valence electrons. The Bertz CT molecular complexity index is 774. The summed E-state index contributed by atoms with van der Waals surface area (Å²) in [6.07, 6.45) is 3.83. The lowest BCUT2D eigenvalue weighted by Crippen LogP contribution is -2.06. The van der Waals surface area contributed by atoms with Gasteiger partial charge in [-0.3, -0.25) is 0 Å². The van der Waals surface area contributed by atoms with Crippen molar-refractivity contribution in [3.05, 3.63) is 41.5 Å². The number of aromatic nitrogens is 5. The van der Waals surface area contributed by atoms with Gasteiger partial charge in [0.1, 0.15) is 5.69 Å². The zero-order valence-electron chi connectivity index (χ0n) is 13.3. The van der Waals surface area contributed by atoms with Crippen molar-refractivity contribution in [2.75, 3.05) is 13.2 Å². The minimum Gasteiger partial charge on any atom is -0.380 e. The average Bonchev–Trinajstić information content (AvgIpc) is 3.09. The summed E-state index contributed by atoms with van der Waals surface area (Å²) in [5.74, 6) is 0. The second-order valence-corrected chi connectivity index (χ2v) is 5.47. The van der Waals surface area contributed by atoms with Crippen LogP contribution in [0.5, 0.6) is 0 Å². The molecule has 0 aliphatic carbocycles. The van der Waals surface area contributed by atoms with Gasteiger partial charge in [-0.2, -0.15) is 0 Å². The second kappa shape index (κ2) is 6.27. The van der Waals surface area contributed by atoms with Crippen molar-refractivity contribution in [1.29, 1.82) is 0 Å². The Labute approximate surface area is 129 Å². The van der Waals surface area contributed by atoms with Crippen LogP contribution in [0, 0.1) is 13.8 Å². The molecule has 2 heterocycles. The van der Waals surface area contributed by atoms with Crippen LogP contribution in [0.1, 0.15) is 23.7 Å². The fourth-order valence-corrected chi connectivity index (χ4v) is 2.44. The van der Waals surface area contributed by atoms with E-state index in [1.165, 1.54) is 11.1 Å². The van der Waals surface area contributed by atoms with Crippen LogP contribution in [0.25, 0.3) is 11.0 Å². The third-order valence-corrected chi connectivity index (χ3v) is 3.82. The Morgan fingerprint density at radius 1 is 1.18 bits per heavy atom. The van der Waals surface area contributed by atoms with Gasteiger partial charge in [0, 0.05) is 6.61 Å². The molecule has 0 N–H and O–H groups in total. The number of nitrogens with zero attached hydrogens (tertiary/aromatic N) is 5. The molecule has 0 aliphatic heterocycles. The highest BCUT2D eigenvalue weighted by Gasteiger charge is 2.08. The minimum atomic E-state index is 0.659. The van der Waals surface area contributed by atoms with Crippen LogP contribution in [0.3, 0.4) is 0 Å². The first-order valence-electron chi connectivity index (χ1n) is 7.56. The van der Waals surface area contributed by atoms with Crippen molar-refractivity contribution < 1.29 is 4.74 Å². The number of rotatable bonds is 6. The molecule has 0 atom stereocenters. The minimum absolute atomic E-state index is 0.659. The Morgan fingerprint density at radius 2 is 2.00 bits per heavy atom. The van der Waals surface area contributed by atoms with Crippen LogP contribution in [0.15, 0.2) is 24.7 Å². The normalized spacial score (nSPS) is 11.4. The van der Waals surface area contributed by atoms with Crippen LogP contribution < -0.4 is 0 Å². The smallest absolute Gasteiger partial charge is 0.102 e. The molecule has 0 spiro atoms. The van der Waals surface area contributed by atoms with Gasteiger partial charge in [-0.15, -0.1) is 5.10 Å². The van der Waals surface area contributed by atoms with Crippen LogP contribution in [0.2, 0.25) is 0 Å². The monoisotopic (exact) mass is 299 g/mol. The lowest BCUT2D eigenvalue weighted by molar-refractivity contribution is 0.136. The quantitative estimate of drug-likeness (QED) is 0.656. The number of imidazole rings is 1. The van der Waals surface area contributed by atoms with Crippen molar-refractivity contribution in [3.8, 4) is 0 Å². The average molecular weight is 299 g/mol. The largest absolute Gasteiger partial charge is 0.380 e. The molecule has 6 heteroatoms. The standard InChI is InChI=1S/C16H21N5O/c1-4-22-6-5-21-10-14(18-19-21)9-20-11-17-15-7-12(2)13(3)8-16(15)20/h7-8,10-11H,4-6,9H2,1-3H3. The number of ether oxygens (including phenoxy) is 1. The molecule has 0 fully saturated rings. The third-order valence-electron chi connectivity index (χ3n) is 3.82. The molecule has 2 aromatic heterocycles. The van der Waals surface area contributed by atoms with E-state index in [9.17, 15) is 0 Å². The van der Waals surface area contributed by atoms with E-state index in [1.54, 1.807) is 0 Å². The van der Waals surface area contributed by atoms with Crippen LogP contribution in [-0.4, -0.2) is 37.8 Å². The first kappa shape index (κ1) is 14.7. The van der Waals surface area contributed by atoms with Gasteiger partial charge in [-0.25, -0.2) is 9.67 Å². The summed E-state index contributed by atoms with van der Waals surface area (Å²) in [4.78, 5) is 4.47. The lowest BCUT2D eigenvalue weighted by atomic mass is 10.1. The Hall–Kier alpha value is -2.21. The van der Waals surface area contributed by atoms with Crippen LogP contribution >= 0.6 is 0 Å². The van der Waals surface area contributed by atoms with Crippen molar-refractivity contribution in [2.45, 2.75) is 33.9 Å². The van der Waals surface area contributed by atoms with E-state index in [2.05, 4.69) is 45.8 Å². The SMILES string of the molecule is CCOCCn1cc(Cn2cnc3cc(C)c(C)cc32)nn1. The summed E-state index contributed by atoms with van der Waals surface area (Å²) in [5, 5.41) is 8.36. The predicted molar refractivity (Wildman–Crippen MR) is 84.8 cm³/mol. The van der Waals surface area contributed by atoms with E-state index in [0.29, 0.717) is 13.2 Å². The van der Waals surface area contributed by atoms with Crippen molar-refractivity contribution in [2.24, 2.45) is 0 Å². The highest BCUT2D eigenvalue weighted by atomic mass is 16.5. The maximum absolute atomic E-state index is 5.33. The molecule has 0 unspecified atom stereocenters. The van der Waals surface area contributed by atoms with Gasteiger partial charge in [-0.1, -0.05) is 5.21 Å². The van der Waals surface area contributed by atoms with Crippen LogP contribution in [-0.2, 0) is 17.8 Å². The predicted octanol–water partition coefficient (Wildman–Crippen LogP) is 2.33. The molecule has 3 aromatic rings. The molecule has 0 aliphatic rings. The van der Waals surface area contributed by atoms with Gasteiger partial charge in [-0.05, 0) is 44.0 Å². The number of fused-ring (bicyclic) bond motifs is 1. The second-order valence-electron chi connectivity index (χ2n) is 5.47. The highest BCUT2D eigenvalue weighted by Crippen LogP contribution is 2.19. The van der Waals surface area contributed by atoms with E-state index in [-0.39, 0.29) is 0 Å². The first-order chi connectivity index (χ1) is 10.7. The van der Waals surface area contributed by atoms with E-state index in [4.69, 9.17) is 4.74 Å². The Balaban J connectivity index is 1.77. The summed E-state index contributed by atoms with van der Waals surface area (Å²) in [5.41, 5.74) is 5.61. The van der Waals surface area contributed by atoms with E-state index in [0.717, 1.165) is 29.9 Å². The van der Waals surface area contributed by atoms with E-state index >= 15 is 0 Å². The molecule has 3 rings (SSSR count). The van der Waals surface area contributed by atoms with E-state index < -0.39 is 0 Å². The van der Waals surface area contributed by atoms with Gasteiger partial charge in [0.2, 0.25) is 0 Å². The topological polar surface area (TPSA) is 57.8 Å². The molecule has 0 saturated heterocycles. The number of aryl methyl sites for hydroxylation is 2. The zero-order chi connectivity index (χ0) is 15.5. The number of benzene rings is 1. The first-order valence-corrected chi connectivity index (χ1v) is 7.56. The maximum Gasteiger partial charge on any atom is 0.102 e. The molecule has 0 bridgehead atoms. The fourth-order valence-electron chi connectivity index (χ4n) is 2.44. The van der Waals surface area contributed by atoms with Gasteiger partial charge in [0.15, 0.2) is 0 Å². The summed E-state index contributed by atoms with van der Waals surface area (Å²) in [7, 11) is 0. The molecular formula is C16H21N5O. The number of hydrogen-bond acceptors (Lipinski definition) is 4. The summed E-state index contributed by atoms with van der Waals surface area (Å²) in [6.45, 7) is 9.00.